The van der Waals surface area contributed by atoms with Gasteiger partial charge in [0.2, 0.25) is 0 Å². The number of carbonyl (C=O) groups is 1. The summed E-state index contributed by atoms with van der Waals surface area (Å²) in [5.74, 6) is -0.369. The molecule has 3 N–H and O–H groups in total. The van der Waals surface area contributed by atoms with Gasteiger partial charge in [-0.15, -0.1) is 5.10 Å². The van der Waals surface area contributed by atoms with Crippen LogP contribution in [0.4, 0.5) is 0 Å². The van der Waals surface area contributed by atoms with E-state index in [0.29, 0.717) is 25.2 Å². The van der Waals surface area contributed by atoms with Crippen LogP contribution in [0.1, 0.15) is 21.7 Å². The summed E-state index contributed by atoms with van der Waals surface area (Å²) in [5.41, 5.74) is 6.95. The van der Waals surface area contributed by atoms with Crippen molar-refractivity contribution in [3.05, 3.63) is 39.6 Å². The molecule has 0 radical (unpaired) electrons. The molecule has 112 valence electrons. The second-order valence-corrected chi connectivity index (χ2v) is 5.21. The summed E-state index contributed by atoms with van der Waals surface area (Å²) in [6.45, 7) is 0.748. The molecule has 1 heterocycles. The number of hydrogen-bond acceptors (Lipinski definition) is 5. The van der Waals surface area contributed by atoms with Crippen LogP contribution in [0, 0.1) is 0 Å². The minimum atomic E-state index is -1.10. The van der Waals surface area contributed by atoms with Crippen molar-refractivity contribution in [1.29, 1.82) is 0 Å². The Balaban J connectivity index is 2.31. The van der Waals surface area contributed by atoms with Crippen LogP contribution in [0.25, 0.3) is 0 Å². The minimum Gasteiger partial charge on any atom is -0.496 e. The summed E-state index contributed by atoms with van der Waals surface area (Å²) in [6.07, 6.45) is 0.409. The van der Waals surface area contributed by atoms with Gasteiger partial charge >= 0.3 is 5.97 Å². The zero-order chi connectivity index (χ0) is 15.4. The number of benzene rings is 1. The fraction of sp³-hybridized carbons (Fsp3) is 0.308. The van der Waals surface area contributed by atoms with Crippen molar-refractivity contribution < 1.29 is 14.6 Å². The van der Waals surface area contributed by atoms with Crippen LogP contribution in [0.15, 0.2) is 22.7 Å². The van der Waals surface area contributed by atoms with Gasteiger partial charge in [0.25, 0.3) is 0 Å². The third-order valence-corrected chi connectivity index (χ3v) is 3.59. The first-order chi connectivity index (χ1) is 10.1. The van der Waals surface area contributed by atoms with Crippen LogP contribution in [-0.2, 0) is 13.0 Å². The molecule has 0 saturated heterocycles. The van der Waals surface area contributed by atoms with Gasteiger partial charge in [0, 0.05) is 6.42 Å². The van der Waals surface area contributed by atoms with Crippen molar-refractivity contribution in [3.63, 3.8) is 0 Å². The molecule has 0 amide bonds. The number of nitrogens with zero attached hydrogens (tertiary/aromatic N) is 3. The van der Waals surface area contributed by atoms with E-state index in [1.54, 1.807) is 11.8 Å². The lowest BCUT2D eigenvalue weighted by Crippen LogP contribution is -2.14. The van der Waals surface area contributed by atoms with Crippen molar-refractivity contribution in [2.24, 2.45) is 5.73 Å². The molecular weight excluding hydrogens is 340 g/mol. The topological polar surface area (TPSA) is 103 Å². The van der Waals surface area contributed by atoms with Crippen molar-refractivity contribution in [3.8, 4) is 5.75 Å². The highest BCUT2D eigenvalue weighted by molar-refractivity contribution is 9.10. The molecular formula is C13H15BrN4O3. The van der Waals surface area contributed by atoms with Crippen molar-refractivity contribution in [2.45, 2.75) is 13.0 Å². The quantitative estimate of drug-likeness (QED) is 0.810. The molecule has 0 aliphatic carbocycles. The van der Waals surface area contributed by atoms with Crippen LogP contribution < -0.4 is 10.5 Å². The molecule has 8 heteroatoms. The minimum absolute atomic E-state index is 0.0481. The number of hydrogen-bond donors (Lipinski definition) is 2. The molecule has 7 nitrogen and oxygen atoms in total. The van der Waals surface area contributed by atoms with E-state index >= 15 is 0 Å². The van der Waals surface area contributed by atoms with Crippen LogP contribution in [0.5, 0.6) is 5.75 Å². The third-order valence-electron chi connectivity index (χ3n) is 2.97. The molecule has 0 unspecified atom stereocenters. The van der Waals surface area contributed by atoms with Gasteiger partial charge in [0.05, 0.1) is 23.8 Å². The standard InChI is InChI=1S/C13H15BrN4O3/c1-21-11-3-2-8(6-9(11)14)7-18-10(4-5-15)12(13(19)20)16-17-18/h2-3,6H,4-5,7,15H2,1H3,(H,19,20). The van der Waals surface area contributed by atoms with E-state index in [1.807, 2.05) is 18.2 Å². The van der Waals surface area contributed by atoms with E-state index in [-0.39, 0.29) is 5.69 Å². The first-order valence-corrected chi connectivity index (χ1v) is 7.04. The molecule has 21 heavy (non-hydrogen) atoms. The predicted octanol–water partition coefficient (Wildman–Crippen LogP) is 1.30. The second-order valence-electron chi connectivity index (χ2n) is 4.36. The fourth-order valence-corrected chi connectivity index (χ4v) is 2.58. The summed E-state index contributed by atoms with van der Waals surface area (Å²) < 4.78 is 7.55. The van der Waals surface area contributed by atoms with Gasteiger partial charge < -0.3 is 15.6 Å². The van der Waals surface area contributed by atoms with Crippen molar-refractivity contribution >= 4 is 21.9 Å². The Bertz CT molecular complexity index is 657. The Hall–Kier alpha value is -1.93. The summed E-state index contributed by atoms with van der Waals surface area (Å²) >= 11 is 3.41. The predicted molar refractivity (Wildman–Crippen MR) is 79.5 cm³/mol. The Morgan fingerprint density at radius 1 is 1.52 bits per heavy atom. The monoisotopic (exact) mass is 354 g/mol. The van der Waals surface area contributed by atoms with E-state index in [4.69, 9.17) is 15.6 Å². The highest BCUT2D eigenvalue weighted by Gasteiger charge is 2.18. The van der Waals surface area contributed by atoms with Gasteiger partial charge in [-0.1, -0.05) is 11.3 Å². The van der Waals surface area contributed by atoms with Crippen molar-refractivity contribution in [2.75, 3.05) is 13.7 Å². The van der Waals surface area contributed by atoms with E-state index in [1.165, 1.54) is 0 Å². The van der Waals surface area contributed by atoms with E-state index in [0.717, 1.165) is 15.8 Å². The molecule has 0 spiro atoms. The molecule has 0 atom stereocenters. The maximum absolute atomic E-state index is 11.1. The Morgan fingerprint density at radius 2 is 2.29 bits per heavy atom. The largest absolute Gasteiger partial charge is 0.496 e. The van der Waals surface area contributed by atoms with E-state index < -0.39 is 5.97 Å². The molecule has 0 aliphatic heterocycles. The van der Waals surface area contributed by atoms with Gasteiger partial charge in [-0.3, -0.25) is 0 Å². The summed E-state index contributed by atoms with van der Waals surface area (Å²) in [5, 5.41) is 16.7. The zero-order valence-electron chi connectivity index (χ0n) is 11.4. The Morgan fingerprint density at radius 3 is 2.86 bits per heavy atom. The fourth-order valence-electron chi connectivity index (χ4n) is 1.99. The number of rotatable bonds is 6. The zero-order valence-corrected chi connectivity index (χ0v) is 13.0. The molecule has 0 bridgehead atoms. The average Bonchev–Trinajstić information content (AvgIpc) is 2.83. The second kappa shape index (κ2) is 6.68. The smallest absolute Gasteiger partial charge is 0.358 e. The Labute approximate surface area is 129 Å². The van der Waals surface area contributed by atoms with Crippen LogP contribution in [-0.4, -0.2) is 39.7 Å². The first-order valence-electron chi connectivity index (χ1n) is 6.25. The number of aromatic nitrogens is 3. The van der Waals surface area contributed by atoms with Gasteiger partial charge in [-0.05, 0) is 40.2 Å². The maximum Gasteiger partial charge on any atom is 0.358 e. The number of ether oxygens (including phenoxy) is 1. The van der Waals surface area contributed by atoms with Crippen LogP contribution in [0.3, 0.4) is 0 Å². The summed E-state index contributed by atoms with van der Waals surface area (Å²) in [4.78, 5) is 11.1. The van der Waals surface area contributed by atoms with E-state index in [9.17, 15) is 4.79 Å². The molecule has 2 rings (SSSR count). The van der Waals surface area contributed by atoms with Gasteiger partial charge in [-0.25, -0.2) is 9.48 Å². The SMILES string of the molecule is COc1ccc(Cn2nnc(C(=O)O)c2CCN)cc1Br. The molecule has 1 aromatic heterocycles. The number of carboxylic acids is 1. The summed E-state index contributed by atoms with van der Waals surface area (Å²) in [6, 6.07) is 5.61. The van der Waals surface area contributed by atoms with E-state index in [2.05, 4.69) is 26.2 Å². The molecule has 0 fully saturated rings. The average molecular weight is 355 g/mol. The number of nitrogens with two attached hydrogens (primary N) is 1. The van der Waals surface area contributed by atoms with Gasteiger partial charge in [-0.2, -0.15) is 0 Å². The lowest BCUT2D eigenvalue weighted by Gasteiger charge is -2.08. The normalized spacial score (nSPS) is 10.6. The molecule has 0 aliphatic rings. The molecule has 0 saturated carbocycles. The van der Waals surface area contributed by atoms with Crippen molar-refractivity contribution in [1.82, 2.24) is 15.0 Å². The van der Waals surface area contributed by atoms with Crippen LogP contribution in [0.2, 0.25) is 0 Å². The van der Waals surface area contributed by atoms with Crippen LogP contribution >= 0.6 is 15.9 Å². The number of methoxy groups -OCH3 is 1. The van der Waals surface area contributed by atoms with Gasteiger partial charge in [0.15, 0.2) is 5.69 Å². The number of carboxylic acid groups (broad SMARTS) is 1. The Kier molecular flexibility index (Phi) is 4.92. The summed E-state index contributed by atoms with van der Waals surface area (Å²) in [7, 11) is 1.59. The first kappa shape index (κ1) is 15.5. The lowest BCUT2D eigenvalue weighted by atomic mass is 10.2. The highest BCUT2D eigenvalue weighted by atomic mass is 79.9. The number of aromatic carboxylic acids is 1. The highest BCUT2D eigenvalue weighted by Crippen LogP contribution is 2.26. The third kappa shape index (κ3) is 3.40. The molecule has 2 aromatic rings. The lowest BCUT2D eigenvalue weighted by molar-refractivity contribution is 0.0689. The number of halogens is 1. The molecule has 1 aromatic carbocycles. The van der Waals surface area contributed by atoms with Gasteiger partial charge in [0.1, 0.15) is 5.75 Å². The maximum atomic E-state index is 11.1.